The Bertz CT molecular complexity index is 920. The van der Waals surface area contributed by atoms with Crippen molar-refractivity contribution in [3.63, 3.8) is 0 Å². The second kappa shape index (κ2) is 9.23. The van der Waals surface area contributed by atoms with Crippen LogP contribution >= 0.6 is 0 Å². The van der Waals surface area contributed by atoms with Crippen LogP contribution in [0.5, 0.6) is 0 Å². The van der Waals surface area contributed by atoms with Crippen molar-refractivity contribution in [1.82, 2.24) is 0 Å². The van der Waals surface area contributed by atoms with Crippen molar-refractivity contribution in [1.29, 1.82) is 0 Å². The zero-order chi connectivity index (χ0) is 20.8. The van der Waals surface area contributed by atoms with Gasteiger partial charge >= 0.3 is 11.9 Å². The van der Waals surface area contributed by atoms with Gasteiger partial charge in [0.2, 0.25) is 0 Å². The predicted octanol–water partition coefficient (Wildman–Crippen LogP) is 4.11. The number of ether oxygens (including phenoxy) is 3. The summed E-state index contributed by atoms with van der Waals surface area (Å²) in [4.78, 5) is 27.4. The first-order chi connectivity index (χ1) is 14.0. The van der Waals surface area contributed by atoms with E-state index < -0.39 is 30.4 Å². The lowest BCUT2D eigenvalue weighted by atomic mass is 10.1. The molecule has 1 fully saturated rings. The standard InChI is InChI=1S/C21H21N3O5/c1-13-3-7-15(8-4-13)20(25)27-12-18-17(11-19(28-18)23-24-22)29-21(26)16-9-5-14(2)6-10-16/h3-10,17-19H,11-12H2,1-2H3/t17-,18+,19+/m0/s1. The quantitative estimate of drug-likeness (QED) is 0.316. The summed E-state index contributed by atoms with van der Waals surface area (Å²) in [6.07, 6.45) is -2.03. The number of azide groups is 1. The van der Waals surface area contributed by atoms with Gasteiger partial charge in [-0.05, 0) is 43.6 Å². The molecule has 1 heterocycles. The fourth-order valence-electron chi connectivity index (χ4n) is 2.92. The molecule has 1 aliphatic rings. The fourth-order valence-corrected chi connectivity index (χ4v) is 2.92. The fraction of sp³-hybridized carbons (Fsp3) is 0.333. The van der Waals surface area contributed by atoms with Crippen LogP contribution in [0.4, 0.5) is 0 Å². The normalized spacial score (nSPS) is 20.6. The number of carbonyl (C=O) groups excluding carboxylic acids is 2. The van der Waals surface area contributed by atoms with Crippen LogP contribution < -0.4 is 0 Å². The van der Waals surface area contributed by atoms with Gasteiger partial charge in [-0.2, -0.15) is 0 Å². The van der Waals surface area contributed by atoms with Crippen LogP contribution in [-0.2, 0) is 14.2 Å². The first kappa shape index (κ1) is 20.4. The molecule has 0 aromatic heterocycles. The highest BCUT2D eigenvalue weighted by molar-refractivity contribution is 5.90. The lowest BCUT2D eigenvalue weighted by molar-refractivity contribution is -0.0410. The van der Waals surface area contributed by atoms with Gasteiger partial charge in [0.15, 0.2) is 0 Å². The Morgan fingerprint density at radius 2 is 1.59 bits per heavy atom. The zero-order valence-corrected chi connectivity index (χ0v) is 16.1. The molecule has 29 heavy (non-hydrogen) atoms. The molecule has 8 nitrogen and oxygen atoms in total. The van der Waals surface area contributed by atoms with Gasteiger partial charge in [0.1, 0.15) is 25.0 Å². The molecule has 3 atom stereocenters. The Labute approximate surface area is 168 Å². The first-order valence-electron chi connectivity index (χ1n) is 9.17. The van der Waals surface area contributed by atoms with Crippen molar-refractivity contribution < 1.29 is 23.8 Å². The number of hydrogen-bond donors (Lipinski definition) is 0. The topological polar surface area (TPSA) is 111 Å². The molecule has 0 radical (unpaired) electrons. The molecule has 0 saturated carbocycles. The Morgan fingerprint density at radius 1 is 1.03 bits per heavy atom. The van der Waals surface area contributed by atoms with Gasteiger partial charge in [0.05, 0.1) is 11.1 Å². The number of aryl methyl sites for hydroxylation is 2. The summed E-state index contributed by atoms with van der Waals surface area (Å²) in [5, 5.41) is 3.54. The molecule has 2 aromatic carbocycles. The molecule has 0 bridgehead atoms. The smallest absolute Gasteiger partial charge is 0.338 e. The molecule has 0 N–H and O–H groups in total. The molecular weight excluding hydrogens is 374 g/mol. The number of esters is 2. The van der Waals surface area contributed by atoms with Gasteiger partial charge in [0.25, 0.3) is 0 Å². The van der Waals surface area contributed by atoms with Crippen LogP contribution in [0.1, 0.15) is 38.3 Å². The molecule has 2 aromatic rings. The third-order valence-electron chi connectivity index (χ3n) is 4.57. The third kappa shape index (κ3) is 5.34. The summed E-state index contributed by atoms with van der Waals surface area (Å²) in [7, 11) is 0. The first-order valence-corrected chi connectivity index (χ1v) is 9.17. The largest absolute Gasteiger partial charge is 0.459 e. The van der Waals surface area contributed by atoms with Crippen LogP contribution in [0.2, 0.25) is 0 Å². The lowest BCUT2D eigenvalue weighted by Gasteiger charge is -2.19. The second-order valence-electron chi connectivity index (χ2n) is 6.84. The summed E-state index contributed by atoms with van der Waals surface area (Å²) in [5.41, 5.74) is 11.5. The molecular formula is C21H21N3O5. The van der Waals surface area contributed by atoms with Crippen molar-refractivity contribution in [2.24, 2.45) is 5.11 Å². The van der Waals surface area contributed by atoms with Crippen LogP contribution in [0.3, 0.4) is 0 Å². The minimum atomic E-state index is -0.793. The Kier molecular flexibility index (Phi) is 6.49. The zero-order valence-electron chi connectivity index (χ0n) is 16.1. The van der Waals surface area contributed by atoms with Crippen molar-refractivity contribution in [2.75, 3.05) is 6.61 Å². The Hall–Kier alpha value is -3.35. The van der Waals surface area contributed by atoms with E-state index in [0.29, 0.717) is 11.1 Å². The second-order valence-corrected chi connectivity index (χ2v) is 6.84. The highest BCUT2D eigenvalue weighted by Crippen LogP contribution is 2.26. The van der Waals surface area contributed by atoms with Gasteiger partial charge in [-0.25, -0.2) is 9.59 Å². The number of nitrogens with zero attached hydrogens (tertiary/aromatic N) is 3. The number of carbonyl (C=O) groups is 2. The molecule has 150 valence electrons. The third-order valence-corrected chi connectivity index (χ3v) is 4.57. The van der Waals surface area contributed by atoms with E-state index in [1.807, 2.05) is 38.1 Å². The molecule has 1 aliphatic heterocycles. The predicted molar refractivity (Wildman–Crippen MR) is 104 cm³/mol. The van der Waals surface area contributed by atoms with Crippen LogP contribution in [0.25, 0.3) is 10.4 Å². The average Bonchev–Trinajstić information content (AvgIpc) is 3.08. The Balaban J connectivity index is 1.64. The summed E-state index contributed by atoms with van der Waals surface area (Å²) in [6, 6.07) is 13.9. The number of benzene rings is 2. The average molecular weight is 395 g/mol. The van der Waals surface area contributed by atoms with Crippen molar-refractivity contribution >= 4 is 11.9 Å². The number of hydrogen-bond acceptors (Lipinski definition) is 6. The van der Waals surface area contributed by atoms with Gasteiger partial charge in [-0.15, -0.1) is 0 Å². The van der Waals surface area contributed by atoms with Crippen LogP contribution in [0.15, 0.2) is 53.6 Å². The summed E-state index contributed by atoms with van der Waals surface area (Å²) < 4.78 is 16.5. The number of rotatable bonds is 6. The van der Waals surface area contributed by atoms with Gasteiger partial charge < -0.3 is 14.2 Å². The highest BCUT2D eigenvalue weighted by Gasteiger charge is 2.38. The van der Waals surface area contributed by atoms with E-state index in [2.05, 4.69) is 10.0 Å². The van der Waals surface area contributed by atoms with Crippen LogP contribution in [0, 0.1) is 13.8 Å². The molecule has 1 saturated heterocycles. The maximum absolute atomic E-state index is 12.4. The van der Waals surface area contributed by atoms with E-state index in [1.54, 1.807) is 24.3 Å². The maximum atomic E-state index is 12.4. The maximum Gasteiger partial charge on any atom is 0.338 e. The van der Waals surface area contributed by atoms with E-state index in [4.69, 9.17) is 19.7 Å². The molecule has 3 rings (SSSR count). The van der Waals surface area contributed by atoms with Gasteiger partial charge in [-0.1, -0.05) is 40.5 Å². The highest BCUT2D eigenvalue weighted by atomic mass is 16.6. The van der Waals surface area contributed by atoms with Gasteiger partial charge in [-0.3, -0.25) is 0 Å². The summed E-state index contributed by atoms with van der Waals surface area (Å²) in [6.45, 7) is 3.71. The molecule has 0 spiro atoms. The summed E-state index contributed by atoms with van der Waals surface area (Å²) >= 11 is 0. The van der Waals surface area contributed by atoms with Gasteiger partial charge in [0, 0.05) is 11.3 Å². The SMILES string of the molecule is Cc1ccc(C(=O)OC[C@H]2O[C@@H](N=[N+]=[N-])C[C@@H]2OC(=O)c2ccc(C)cc2)cc1. The van der Waals surface area contributed by atoms with E-state index >= 15 is 0 Å². The molecule has 0 aliphatic carbocycles. The molecule has 0 unspecified atom stereocenters. The van der Waals surface area contributed by atoms with Crippen molar-refractivity contribution in [3.05, 3.63) is 81.2 Å². The van der Waals surface area contributed by atoms with E-state index in [9.17, 15) is 9.59 Å². The van der Waals surface area contributed by atoms with E-state index in [1.165, 1.54) is 0 Å². The monoisotopic (exact) mass is 395 g/mol. The van der Waals surface area contributed by atoms with E-state index in [0.717, 1.165) is 11.1 Å². The molecule has 0 amide bonds. The van der Waals surface area contributed by atoms with Crippen molar-refractivity contribution in [3.8, 4) is 0 Å². The minimum Gasteiger partial charge on any atom is -0.459 e. The van der Waals surface area contributed by atoms with E-state index in [-0.39, 0.29) is 13.0 Å². The Morgan fingerprint density at radius 3 is 2.14 bits per heavy atom. The minimum absolute atomic E-state index is 0.129. The molecule has 8 heteroatoms. The van der Waals surface area contributed by atoms with Crippen molar-refractivity contribution in [2.45, 2.75) is 38.7 Å². The summed E-state index contributed by atoms with van der Waals surface area (Å²) in [5.74, 6) is -1.03. The lowest BCUT2D eigenvalue weighted by Crippen LogP contribution is -2.32. The van der Waals surface area contributed by atoms with Crippen LogP contribution in [-0.4, -0.2) is 37.0 Å².